The van der Waals surface area contributed by atoms with E-state index in [1.165, 1.54) is 0 Å². The summed E-state index contributed by atoms with van der Waals surface area (Å²) < 4.78 is 6.78. The van der Waals surface area contributed by atoms with Gasteiger partial charge in [-0.15, -0.1) is 5.10 Å². The number of aromatic nitrogens is 4. The maximum absolute atomic E-state index is 11.7. The van der Waals surface area contributed by atoms with Crippen LogP contribution in [0.5, 0.6) is 0 Å². The van der Waals surface area contributed by atoms with E-state index in [9.17, 15) is 4.79 Å². The molecular weight excluding hydrogens is 224 g/mol. The number of carbonyl (C=O) groups excluding carboxylic acids is 1. The molecule has 0 saturated carbocycles. The number of tetrazole rings is 1. The molecule has 2 heterocycles. The van der Waals surface area contributed by atoms with Gasteiger partial charge < -0.3 is 15.0 Å². The van der Waals surface area contributed by atoms with Crippen molar-refractivity contribution in [2.24, 2.45) is 7.05 Å². The molecule has 8 heteroatoms. The summed E-state index contributed by atoms with van der Waals surface area (Å²) in [5.41, 5.74) is 0. The fourth-order valence-corrected chi connectivity index (χ4v) is 1.62. The van der Waals surface area contributed by atoms with Crippen LogP contribution in [0.3, 0.4) is 0 Å². The summed E-state index contributed by atoms with van der Waals surface area (Å²) in [6.45, 7) is 3.06. The number of nitrogens with zero attached hydrogens (tertiary/aromatic N) is 5. The number of carbonyl (C=O) groups is 1. The predicted octanol–water partition coefficient (Wildman–Crippen LogP) is -1.21. The number of hydrogen-bond acceptors (Lipinski definition) is 5. The van der Waals surface area contributed by atoms with Crippen LogP contribution >= 0.6 is 0 Å². The molecule has 8 nitrogen and oxygen atoms in total. The van der Waals surface area contributed by atoms with Crippen molar-refractivity contribution in [1.82, 2.24) is 30.4 Å². The first-order chi connectivity index (χ1) is 8.27. The van der Waals surface area contributed by atoms with Crippen LogP contribution in [0, 0.1) is 0 Å². The number of amides is 2. The minimum Gasteiger partial charge on any atom is -0.378 e. The Bertz CT molecular complexity index is 373. The molecule has 1 aromatic rings. The first-order valence-corrected chi connectivity index (χ1v) is 5.59. The fraction of sp³-hybridized carbons (Fsp3) is 0.778. The molecule has 2 rings (SSSR count). The topological polar surface area (TPSA) is 85.2 Å². The van der Waals surface area contributed by atoms with Gasteiger partial charge in [0.05, 0.1) is 13.2 Å². The van der Waals surface area contributed by atoms with E-state index in [2.05, 4.69) is 20.8 Å². The Balaban J connectivity index is 1.71. The third-order valence-electron chi connectivity index (χ3n) is 2.63. The van der Waals surface area contributed by atoms with Crippen molar-refractivity contribution in [2.45, 2.75) is 6.42 Å². The summed E-state index contributed by atoms with van der Waals surface area (Å²) in [5.74, 6) is 0.757. The fourth-order valence-electron chi connectivity index (χ4n) is 1.62. The van der Waals surface area contributed by atoms with E-state index < -0.39 is 0 Å². The van der Waals surface area contributed by atoms with Crippen molar-refractivity contribution in [2.75, 3.05) is 32.8 Å². The Morgan fingerprint density at radius 1 is 1.47 bits per heavy atom. The lowest BCUT2D eigenvalue weighted by molar-refractivity contribution is 0.0532. The van der Waals surface area contributed by atoms with Gasteiger partial charge in [0.15, 0.2) is 5.82 Å². The van der Waals surface area contributed by atoms with Gasteiger partial charge in [0.2, 0.25) is 0 Å². The van der Waals surface area contributed by atoms with Crippen molar-refractivity contribution in [3.05, 3.63) is 5.82 Å². The molecule has 2 amide bonds. The normalized spacial score (nSPS) is 15.9. The van der Waals surface area contributed by atoms with Crippen LogP contribution < -0.4 is 5.32 Å². The third-order valence-corrected chi connectivity index (χ3v) is 2.63. The van der Waals surface area contributed by atoms with Gasteiger partial charge in [-0.2, -0.15) is 0 Å². The number of urea groups is 1. The second-order valence-corrected chi connectivity index (χ2v) is 3.80. The van der Waals surface area contributed by atoms with Crippen LogP contribution in [0.4, 0.5) is 4.79 Å². The first kappa shape index (κ1) is 11.8. The third kappa shape index (κ3) is 3.13. The Labute approximate surface area is 98.9 Å². The van der Waals surface area contributed by atoms with Gasteiger partial charge in [-0.05, 0) is 10.4 Å². The number of rotatable bonds is 3. The smallest absolute Gasteiger partial charge is 0.317 e. The second-order valence-electron chi connectivity index (χ2n) is 3.80. The molecule has 0 unspecified atom stereocenters. The SMILES string of the molecule is Cn1nnnc1CCNC(=O)N1CCOCC1. The molecule has 1 fully saturated rings. The van der Waals surface area contributed by atoms with Crippen LogP contribution in [-0.4, -0.2) is 64.0 Å². The molecule has 17 heavy (non-hydrogen) atoms. The number of morpholine rings is 1. The van der Waals surface area contributed by atoms with Crippen molar-refractivity contribution in [1.29, 1.82) is 0 Å². The second kappa shape index (κ2) is 5.58. The standard InChI is InChI=1S/C9H16N6O2/c1-14-8(11-12-13-14)2-3-10-9(16)15-4-6-17-7-5-15/h2-7H2,1H3,(H,10,16). The minimum absolute atomic E-state index is 0.0524. The first-order valence-electron chi connectivity index (χ1n) is 5.59. The van der Waals surface area contributed by atoms with E-state index in [-0.39, 0.29) is 6.03 Å². The number of ether oxygens (including phenoxy) is 1. The maximum Gasteiger partial charge on any atom is 0.317 e. The zero-order chi connectivity index (χ0) is 12.1. The lowest BCUT2D eigenvalue weighted by atomic mass is 10.4. The zero-order valence-corrected chi connectivity index (χ0v) is 9.80. The van der Waals surface area contributed by atoms with Crippen molar-refractivity contribution < 1.29 is 9.53 Å². The Morgan fingerprint density at radius 2 is 2.24 bits per heavy atom. The number of aryl methyl sites for hydroxylation is 1. The van der Waals surface area contributed by atoms with E-state index in [0.717, 1.165) is 5.82 Å². The summed E-state index contributed by atoms with van der Waals surface area (Å²) in [6, 6.07) is -0.0524. The average Bonchev–Trinajstić information content (AvgIpc) is 2.76. The van der Waals surface area contributed by atoms with Gasteiger partial charge in [-0.3, -0.25) is 0 Å². The minimum atomic E-state index is -0.0524. The highest BCUT2D eigenvalue weighted by Gasteiger charge is 2.16. The molecule has 0 aromatic carbocycles. The zero-order valence-electron chi connectivity index (χ0n) is 9.80. The molecule has 1 N–H and O–H groups in total. The van der Waals surface area contributed by atoms with Crippen LogP contribution in [0.25, 0.3) is 0 Å². The lowest BCUT2D eigenvalue weighted by Gasteiger charge is -2.26. The summed E-state index contributed by atoms with van der Waals surface area (Å²) in [6.07, 6.45) is 0.625. The highest BCUT2D eigenvalue weighted by atomic mass is 16.5. The monoisotopic (exact) mass is 240 g/mol. The molecule has 1 aliphatic heterocycles. The van der Waals surface area contributed by atoms with E-state index in [4.69, 9.17) is 4.74 Å². The van der Waals surface area contributed by atoms with Crippen LogP contribution in [0.2, 0.25) is 0 Å². The lowest BCUT2D eigenvalue weighted by Crippen LogP contribution is -2.46. The molecule has 94 valence electrons. The number of nitrogens with one attached hydrogen (secondary N) is 1. The summed E-state index contributed by atoms with van der Waals surface area (Å²) in [4.78, 5) is 13.5. The highest BCUT2D eigenvalue weighted by Crippen LogP contribution is 1.97. The summed E-state index contributed by atoms with van der Waals surface area (Å²) in [7, 11) is 1.78. The molecular formula is C9H16N6O2. The van der Waals surface area contributed by atoms with E-state index in [1.54, 1.807) is 16.6 Å². The van der Waals surface area contributed by atoms with Crippen LogP contribution in [0.1, 0.15) is 5.82 Å². The van der Waals surface area contributed by atoms with E-state index in [1.807, 2.05) is 0 Å². The van der Waals surface area contributed by atoms with Gasteiger partial charge in [0.1, 0.15) is 0 Å². The number of hydrogen-bond donors (Lipinski definition) is 1. The molecule has 0 aliphatic carbocycles. The van der Waals surface area contributed by atoms with Gasteiger partial charge in [-0.1, -0.05) is 0 Å². The summed E-state index contributed by atoms with van der Waals surface area (Å²) >= 11 is 0. The molecule has 0 bridgehead atoms. The largest absolute Gasteiger partial charge is 0.378 e. The van der Waals surface area contributed by atoms with Gasteiger partial charge in [-0.25, -0.2) is 9.48 Å². The van der Waals surface area contributed by atoms with E-state index >= 15 is 0 Å². The van der Waals surface area contributed by atoms with Crippen LogP contribution in [0.15, 0.2) is 0 Å². The molecule has 0 atom stereocenters. The van der Waals surface area contributed by atoms with Gasteiger partial charge >= 0.3 is 6.03 Å². The highest BCUT2D eigenvalue weighted by molar-refractivity contribution is 5.74. The Hall–Kier alpha value is -1.70. The van der Waals surface area contributed by atoms with Gasteiger partial charge in [0.25, 0.3) is 0 Å². The molecule has 1 aromatic heterocycles. The molecule has 0 radical (unpaired) electrons. The molecule has 1 saturated heterocycles. The van der Waals surface area contributed by atoms with Crippen LogP contribution in [-0.2, 0) is 18.2 Å². The Kier molecular flexibility index (Phi) is 3.86. The molecule has 0 spiro atoms. The maximum atomic E-state index is 11.7. The Morgan fingerprint density at radius 3 is 2.88 bits per heavy atom. The van der Waals surface area contributed by atoms with Crippen molar-refractivity contribution in [3.63, 3.8) is 0 Å². The van der Waals surface area contributed by atoms with E-state index in [0.29, 0.717) is 39.3 Å². The summed E-state index contributed by atoms with van der Waals surface area (Å²) in [5, 5.41) is 13.9. The molecule has 1 aliphatic rings. The van der Waals surface area contributed by atoms with Gasteiger partial charge in [0, 0.05) is 33.1 Å². The predicted molar refractivity (Wildman–Crippen MR) is 58.3 cm³/mol. The van der Waals surface area contributed by atoms with Crippen molar-refractivity contribution >= 4 is 6.03 Å². The quantitative estimate of drug-likeness (QED) is 0.717. The van der Waals surface area contributed by atoms with Crippen molar-refractivity contribution in [3.8, 4) is 0 Å². The average molecular weight is 240 g/mol.